The molecule has 3 atom stereocenters. The van der Waals surface area contributed by atoms with Crippen molar-refractivity contribution in [2.24, 2.45) is 11.8 Å². The van der Waals surface area contributed by atoms with Crippen molar-refractivity contribution in [3.8, 4) is 0 Å². The van der Waals surface area contributed by atoms with Crippen LogP contribution in [0.25, 0.3) is 0 Å². The molecule has 3 nitrogen and oxygen atoms in total. The van der Waals surface area contributed by atoms with Crippen molar-refractivity contribution in [2.45, 2.75) is 57.5 Å². The largest absolute Gasteiger partial charge is 0.316 e. The van der Waals surface area contributed by atoms with Crippen molar-refractivity contribution in [1.82, 2.24) is 15.5 Å². The highest BCUT2D eigenvalue weighted by Crippen LogP contribution is 2.29. The molecule has 2 heterocycles. The van der Waals surface area contributed by atoms with E-state index < -0.39 is 0 Å². The van der Waals surface area contributed by atoms with Crippen LogP contribution in [0, 0.1) is 11.8 Å². The lowest BCUT2D eigenvalue weighted by atomic mass is 9.85. The third-order valence-corrected chi connectivity index (χ3v) is 5.46. The van der Waals surface area contributed by atoms with Gasteiger partial charge in [-0.25, -0.2) is 0 Å². The molecule has 0 aromatic heterocycles. The summed E-state index contributed by atoms with van der Waals surface area (Å²) in [6.45, 7) is 8.81. The number of hydrogen-bond donors (Lipinski definition) is 2. The highest BCUT2D eigenvalue weighted by Gasteiger charge is 2.34. The van der Waals surface area contributed by atoms with Crippen molar-refractivity contribution in [3.63, 3.8) is 0 Å². The van der Waals surface area contributed by atoms with Gasteiger partial charge in [0.2, 0.25) is 0 Å². The fourth-order valence-electron chi connectivity index (χ4n) is 3.84. The number of piperidine rings is 1. The third kappa shape index (κ3) is 3.93. The van der Waals surface area contributed by atoms with Crippen molar-refractivity contribution >= 4 is 0 Å². The summed E-state index contributed by atoms with van der Waals surface area (Å²) >= 11 is 0. The van der Waals surface area contributed by atoms with Gasteiger partial charge in [0.15, 0.2) is 0 Å². The summed E-state index contributed by atoms with van der Waals surface area (Å²) in [5.41, 5.74) is 0. The zero-order valence-electron chi connectivity index (χ0n) is 12.5. The first kappa shape index (κ1) is 13.8. The highest BCUT2D eigenvalue weighted by molar-refractivity contribution is 4.91. The summed E-state index contributed by atoms with van der Waals surface area (Å²) in [7, 11) is 0. The molecule has 0 radical (unpaired) electrons. The Kier molecular flexibility index (Phi) is 4.78. The van der Waals surface area contributed by atoms with E-state index in [4.69, 9.17) is 0 Å². The summed E-state index contributed by atoms with van der Waals surface area (Å²) in [5, 5.41) is 7.35. The normalized spacial score (nSPS) is 34.6. The molecule has 0 amide bonds. The van der Waals surface area contributed by atoms with Gasteiger partial charge >= 0.3 is 0 Å². The lowest BCUT2D eigenvalue weighted by Gasteiger charge is -2.28. The molecule has 3 fully saturated rings. The van der Waals surface area contributed by atoms with Crippen LogP contribution in [0.1, 0.15) is 45.4 Å². The molecule has 19 heavy (non-hydrogen) atoms. The van der Waals surface area contributed by atoms with Crippen LogP contribution in [-0.4, -0.2) is 49.7 Å². The number of hydrogen-bond acceptors (Lipinski definition) is 3. The quantitative estimate of drug-likeness (QED) is 0.767. The first-order chi connectivity index (χ1) is 9.33. The molecule has 3 heteroatoms. The van der Waals surface area contributed by atoms with Gasteiger partial charge in [-0.05, 0) is 70.0 Å². The molecular formula is C16H31N3. The average Bonchev–Trinajstić information content (AvgIpc) is 3.20. The number of rotatable bonds is 6. The van der Waals surface area contributed by atoms with E-state index in [1.807, 2.05) is 0 Å². The monoisotopic (exact) mass is 265 g/mol. The van der Waals surface area contributed by atoms with E-state index in [1.54, 1.807) is 0 Å². The van der Waals surface area contributed by atoms with E-state index >= 15 is 0 Å². The Labute approximate surface area is 118 Å². The molecular weight excluding hydrogens is 234 g/mol. The number of nitrogens with one attached hydrogen (secondary N) is 2. The molecule has 0 aromatic carbocycles. The Morgan fingerprint density at radius 1 is 1.26 bits per heavy atom. The maximum absolute atomic E-state index is 3.80. The van der Waals surface area contributed by atoms with Crippen LogP contribution >= 0.6 is 0 Å². The minimum Gasteiger partial charge on any atom is -0.316 e. The van der Waals surface area contributed by atoms with E-state index in [0.29, 0.717) is 0 Å². The maximum atomic E-state index is 3.80. The maximum Gasteiger partial charge on any atom is 0.0207 e. The minimum absolute atomic E-state index is 0.775. The molecule has 3 rings (SSSR count). The van der Waals surface area contributed by atoms with Gasteiger partial charge in [0.25, 0.3) is 0 Å². The Bertz CT molecular complexity index is 271. The van der Waals surface area contributed by atoms with Gasteiger partial charge in [-0.15, -0.1) is 0 Å². The molecule has 3 aliphatic rings. The third-order valence-electron chi connectivity index (χ3n) is 5.46. The van der Waals surface area contributed by atoms with Gasteiger partial charge in [-0.3, -0.25) is 4.90 Å². The van der Waals surface area contributed by atoms with E-state index in [0.717, 1.165) is 23.9 Å². The van der Waals surface area contributed by atoms with Crippen LogP contribution in [0.2, 0.25) is 0 Å². The van der Waals surface area contributed by atoms with Gasteiger partial charge in [0, 0.05) is 25.2 Å². The van der Waals surface area contributed by atoms with Crippen LogP contribution < -0.4 is 10.6 Å². The topological polar surface area (TPSA) is 27.3 Å². The zero-order valence-corrected chi connectivity index (χ0v) is 12.5. The first-order valence-corrected chi connectivity index (χ1v) is 8.51. The smallest absolute Gasteiger partial charge is 0.0207 e. The number of nitrogens with zero attached hydrogens (tertiary/aromatic N) is 1. The predicted molar refractivity (Wildman–Crippen MR) is 80.4 cm³/mol. The Morgan fingerprint density at radius 2 is 2.16 bits per heavy atom. The molecule has 2 saturated heterocycles. The van der Waals surface area contributed by atoms with E-state index in [9.17, 15) is 0 Å². The van der Waals surface area contributed by atoms with Crippen LogP contribution in [-0.2, 0) is 0 Å². The van der Waals surface area contributed by atoms with Crippen LogP contribution in [0.4, 0.5) is 0 Å². The zero-order chi connectivity index (χ0) is 13.1. The Morgan fingerprint density at radius 3 is 2.89 bits per heavy atom. The standard InChI is InChI=1S/C16H31N3/c1-13(14-3-2-8-17-11-14)6-9-18-15-7-10-19(12-15)16-4-5-16/h13-18H,2-12H2,1H3. The number of likely N-dealkylation sites (tertiary alicyclic amines) is 1. The van der Waals surface area contributed by atoms with Gasteiger partial charge < -0.3 is 10.6 Å². The second-order valence-electron chi connectivity index (χ2n) is 7.04. The first-order valence-electron chi connectivity index (χ1n) is 8.51. The molecule has 0 spiro atoms. The molecule has 1 aliphatic carbocycles. The van der Waals surface area contributed by atoms with E-state index in [1.165, 1.54) is 71.2 Å². The molecule has 1 saturated carbocycles. The predicted octanol–water partition coefficient (Wildman–Crippen LogP) is 1.84. The fraction of sp³-hybridized carbons (Fsp3) is 1.00. The van der Waals surface area contributed by atoms with Crippen LogP contribution in [0.3, 0.4) is 0 Å². The van der Waals surface area contributed by atoms with Crippen LogP contribution in [0.15, 0.2) is 0 Å². The minimum atomic E-state index is 0.775. The molecule has 2 aliphatic heterocycles. The Balaban J connectivity index is 1.29. The van der Waals surface area contributed by atoms with Gasteiger partial charge in [-0.2, -0.15) is 0 Å². The molecule has 110 valence electrons. The van der Waals surface area contributed by atoms with Crippen molar-refractivity contribution in [3.05, 3.63) is 0 Å². The van der Waals surface area contributed by atoms with Crippen molar-refractivity contribution < 1.29 is 0 Å². The second-order valence-corrected chi connectivity index (χ2v) is 7.04. The Hall–Kier alpha value is -0.120. The fourth-order valence-corrected chi connectivity index (χ4v) is 3.84. The van der Waals surface area contributed by atoms with E-state index in [2.05, 4.69) is 22.5 Å². The molecule has 0 bridgehead atoms. The van der Waals surface area contributed by atoms with Crippen molar-refractivity contribution in [1.29, 1.82) is 0 Å². The molecule has 3 unspecified atom stereocenters. The summed E-state index contributed by atoms with van der Waals surface area (Å²) in [6.07, 6.45) is 8.45. The summed E-state index contributed by atoms with van der Waals surface area (Å²) in [4.78, 5) is 2.70. The SMILES string of the molecule is CC(CCNC1CCN(C2CC2)C1)C1CCCNC1. The average molecular weight is 265 g/mol. The van der Waals surface area contributed by atoms with Crippen LogP contribution in [0.5, 0.6) is 0 Å². The highest BCUT2D eigenvalue weighted by atomic mass is 15.2. The van der Waals surface area contributed by atoms with Gasteiger partial charge in [0.05, 0.1) is 0 Å². The van der Waals surface area contributed by atoms with Gasteiger partial charge in [-0.1, -0.05) is 6.92 Å². The lowest BCUT2D eigenvalue weighted by molar-refractivity contribution is 0.262. The summed E-state index contributed by atoms with van der Waals surface area (Å²) in [6, 6.07) is 1.73. The second kappa shape index (κ2) is 6.55. The summed E-state index contributed by atoms with van der Waals surface area (Å²) in [5.74, 6) is 1.79. The van der Waals surface area contributed by atoms with E-state index in [-0.39, 0.29) is 0 Å². The molecule has 0 aromatic rings. The molecule has 2 N–H and O–H groups in total. The van der Waals surface area contributed by atoms with Gasteiger partial charge in [0.1, 0.15) is 0 Å². The lowest BCUT2D eigenvalue weighted by Crippen LogP contribution is -2.37. The van der Waals surface area contributed by atoms with Crippen molar-refractivity contribution in [2.75, 3.05) is 32.7 Å². The summed E-state index contributed by atoms with van der Waals surface area (Å²) < 4.78 is 0.